The highest BCUT2D eigenvalue weighted by atomic mass is 32.2. The molecule has 25 heavy (non-hydrogen) atoms. The van der Waals surface area contributed by atoms with Crippen LogP contribution in [0.3, 0.4) is 0 Å². The van der Waals surface area contributed by atoms with Crippen molar-refractivity contribution in [2.24, 2.45) is 11.3 Å². The Bertz CT molecular complexity index is 714. The van der Waals surface area contributed by atoms with E-state index < -0.39 is 10.0 Å². The fraction of sp³-hybridized carbons (Fsp3) is 0.714. The monoisotopic (exact) mass is 363 g/mol. The highest BCUT2D eigenvalue weighted by Crippen LogP contribution is 2.46. The number of benzene rings is 1. The summed E-state index contributed by atoms with van der Waals surface area (Å²) in [6, 6.07) is 8.65. The lowest BCUT2D eigenvalue weighted by molar-refractivity contribution is 0.125. The van der Waals surface area contributed by atoms with Crippen LogP contribution in [0.5, 0.6) is 0 Å². The van der Waals surface area contributed by atoms with Gasteiger partial charge in [0.15, 0.2) is 0 Å². The molecule has 2 fully saturated rings. The lowest BCUT2D eigenvalue weighted by atomic mass is 9.66. The molecule has 1 saturated heterocycles. The zero-order valence-corrected chi connectivity index (χ0v) is 17.1. The van der Waals surface area contributed by atoms with Gasteiger partial charge in [-0.3, -0.25) is 0 Å². The number of nitrogens with zero attached hydrogens (tertiary/aromatic N) is 1. The average molecular weight is 364 g/mol. The van der Waals surface area contributed by atoms with Crippen molar-refractivity contribution in [2.75, 3.05) is 13.1 Å². The van der Waals surface area contributed by atoms with Crippen molar-refractivity contribution in [3.63, 3.8) is 0 Å². The Morgan fingerprint density at radius 1 is 1.08 bits per heavy atom. The van der Waals surface area contributed by atoms with E-state index >= 15 is 0 Å². The summed E-state index contributed by atoms with van der Waals surface area (Å²) in [4.78, 5) is 0. The van der Waals surface area contributed by atoms with E-state index in [1.165, 1.54) is 11.1 Å². The van der Waals surface area contributed by atoms with Crippen molar-refractivity contribution in [1.82, 2.24) is 4.31 Å². The van der Waals surface area contributed by atoms with Gasteiger partial charge in [0, 0.05) is 19.0 Å². The third-order valence-electron chi connectivity index (χ3n) is 6.01. The van der Waals surface area contributed by atoms with Gasteiger partial charge >= 0.3 is 0 Å². The number of hydrogen-bond donors (Lipinski definition) is 0. The molecule has 3 rings (SSSR count). The highest BCUT2D eigenvalue weighted by Gasteiger charge is 2.46. The largest absolute Gasteiger partial charge is 0.217 e. The Kier molecular flexibility index (Phi) is 5.06. The van der Waals surface area contributed by atoms with E-state index in [0.29, 0.717) is 24.9 Å². The molecule has 1 aromatic carbocycles. The maximum Gasteiger partial charge on any atom is 0.217 e. The van der Waals surface area contributed by atoms with E-state index in [-0.39, 0.29) is 16.6 Å². The predicted molar refractivity (Wildman–Crippen MR) is 104 cm³/mol. The minimum atomic E-state index is -3.10. The Hall–Kier alpha value is -0.870. The van der Waals surface area contributed by atoms with Crippen molar-refractivity contribution in [3.05, 3.63) is 35.4 Å². The smallest absolute Gasteiger partial charge is 0.212 e. The number of piperidine rings is 1. The first-order valence-electron chi connectivity index (χ1n) is 9.70. The lowest BCUT2D eigenvalue weighted by Gasteiger charge is -2.45. The van der Waals surface area contributed by atoms with Gasteiger partial charge in [-0.25, -0.2) is 12.7 Å². The molecule has 0 spiro atoms. The number of rotatable bonds is 4. The summed E-state index contributed by atoms with van der Waals surface area (Å²) >= 11 is 0. The summed E-state index contributed by atoms with van der Waals surface area (Å²) in [6.45, 7) is 12.7. The average Bonchev–Trinajstić information content (AvgIpc) is 3.38. The zero-order chi connectivity index (χ0) is 18.4. The molecule has 1 heterocycles. The van der Waals surface area contributed by atoms with E-state index in [0.717, 1.165) is 19.3 Å². The van der Waals surface area contributed by atoms with Gasteiger partial charge in [-0.2, -0.15) is 0 Å². The third kappa shape index (κ3) is 3.80. The molecule has 4 heteroatoms. The fourth-order valence-electron chi connectivity index (χ4n) is 4.46. The lowest BCUT2D eigenvalue weighted by Crippen LogP contribution is -2.47. The van der Waals surface area contributed by atoms with Gasteiger partial charge in [-0.15, -0.1) is 0 Å². The molecule has 1 aliphatic carbocycles. The molecule has 1 aliphatic heterocycles. The van der Waals surface area contributed by atoms with E-state index in [2.05, 4.69) is 58.9 Å². The second-order valence-corrected chi connectivity index (χ2v) is 11.5. The Labute approximate surface area is 153 Å². The van der Waals surface area contributed by atoms with E-state index in [9.17, 15) is 8.42 Å². The maximum atomic E-state index is 12.8. The van der Waals surface area contributed by atoms with Crippen LogP contribution in [-0.2, 0) is 10.0 Å². The van der Waals surface area contributed by atoms with Gasteiger partial charge in [-0.1, -0.05) is 58.9 Å². The van der Waals surface area contributed by atoms with Gasteiger partial charge in [0.1, 0.15) is 0 Å². The van der Waals surface area contributed by atoms with Gasteiger partial charge in [0.05, 0.1) is 5.25 Å². The Balaban J connectivity index is 1.98. The summed E-state index contributed by atoms with van der Waals surface area (Å²) in [5.41, 5.74) is 2.89. The minimum absolute atomic E-state index is 0.111. The summed E-state index contributed by atoms with van der Waals surface area (Å²) in [5.74, 6) is 1.23. The molecule has 2 aliphatic rings. The van der Waals surface area contributed by atoms with Crippen molar-refractivity contribution >= 4 is 10.0 Å². The molecule has 140 valence electrons. The third-order valence-corrected chi connectivity index (χ3v) is 8.38. The first-order chi connectivity index (χ1) is 11.6. The summed E-state index contributed by atoms with van der Waals surface area (Å²) < 4.78 is 27.5. The highest BCUT2D eigenvalue weighted by molar-refractivity contribution is 7.90. The first kappa shape index (κ1) is 18.9. The Morgan fingerprint density at radius 3 is 2.28 bits per heavy atom. The van der Waals surface area contributed by atoms with Crippen LogP contribution in [-0.4, -0.2) is 31.1 Å². The van der Waals surface area contributed by atoms with Gasteiger partial charge < -0.3 is 0 Å². The van der Waals surface area contributed by atoms with Gasteiger partial charge in [0.2, 0.25) is 10.0 Å². The zero-order valence-electron chi connectivity index (χ0n) is 16.3. The predicted octanol–water partition coefficient (Wildman–Crippen LogP) is 4.75. The SMILES string of the molecule is CC(C)c1ccccc1C1CN(S(=O)(=O)C2CC2)CCC1C(C)(C)C. The maximum absolute atomic E-state index is 12.8. The molecule has 1 aromatic rings. The van der Waals surface area contributed by atoms with Crippen LogP contribution in [0.1, 0.15) is 76.8 Å². The number of hydrogen-bond acceptors (Lipinski definition) is 2. The van der Waals surface area contributed by atoms with Crippen LogP contribution in [0.25, 0.3) is 0 Å². The topological polar surface area (TPSA) is 37.4 Å². The molecule has 0 aromatic heterocycles. The van der Waals surface area contributed by atoms with Crippen molar-refractivity contribution in [2.45, 2.75) is 71.0 Å². The molecule has 0 N–H and O–H groups in total. The van der Waals surface area contributed by atoms with E-state index in [1.807, 2.05) is 0 Å². The van der Waals surface area contributed by atoms with Gasteiger partial charge in [0.25, 0.3) is 0 Å². The molecule has 0 bridgehead atoms. The van der Waals surface area contributed by atoms with Crippen LogP contribution >= 0.6 is 0 Å². The Morgan fingerprint density at radius 2 is 1.72 bits per heavy atom. The normalized spacial score (nSPS) is 26.2. The number of sulfonamides is 1. The first-order valence-corrected chi connectivity index (χ1v) is 11.2. The minimum Gasteiger partial charge on any atom is -0.212 e. The molecule has 1 saturated carbocycles. The van der Waals surface area contributed by atoms with Crippen molar-refractivity contribution < 1.29 is 8.42 Å². The van der Waals surface area contributed by atoms with Crippen molar-refractivity contribution in [1.29, 1.82) is 0 Å². The molecule has 0 radical (unpaired) electrons. The fourth-order valence-corrected chi connectivity index (χ4v) is 6.34. The molecule has 2 atom stereocenters. The summed E-state index contributed by atoms with van der Waals surface area (Å²) in [6.07, 6.45) is 2.64. The van der Waals surface area contributed by atoms with Crippen molar-refractivity contribution in [3.8, 4) is 0 Å². The van der Waals surface area contributed by atoms with Crippen LogP contribution in [0.4, 0.5) is 0 Å². The standard InChI is InChI=1S/C21H33NO2S/c1-15(2)17-8-6-7-9-18(17)19-14-22(25(23,24)16-10-11-16)13-12-20(19)21(3,4)5/h6-9,15-16,19-20H,10-14H2,1-5H3. The molecule has 2 unspecified atom stereocenters. The van der Waals surface area contributed by atoms with Crippen LogP contribution in [0, 0.1) is 11.3 Å². The quantitative estimate of drug-likeness (QED) is 0.774. The van der Waals surface area contributed by atoms with Gasteiger partial charge in [-0.05, 0) is 47.6 Å². The molecular weight excluding hydrogens is 330 g/mol. The summed E-state index contributed by atoms with van der Waals surface area (Å²) in [7, 11) is -3.10. The second kappa shape index (κ2) is 6.70. The van der Waals surface area contributed by atoms with Crippen LogP contribution in [0.2, 0.25) is 0 Å². The second-order valence-electron chi connectivity index (χ2n) is 9.25. The van der Waals surface area contributed by atoms with Crippen LogP contribution in [0.15, 0.2) is 24.3 Å². The van der Waals surface area contributed by atoms with E-state index in [1.54, 1.807) is 4.31 Å². The summed E-state index contributed by atoms with van der Waals surface area (Å²) in [5, 5.41) is -0.111. The van der Waals surface area contributed by atoms with E-state index in [4.69, 9.17) is 0 Å². The van der Waals surface area contributed by atoms with Crippen LogP contribution < -0.4 is 0 Å². The molecular formula is C21H33NO2S. The molecule has 3 nitrogen and oxygen atoms in total. The molecule has 0 amide bonds.